The van der Waals surface area contributed by atoms with Crippen molar-refractivity contribution in [3.05, 3.63) is 60.7 Å². The number of nitrogens with zero attached hydrogens (tertiary/aromatic N) is 1. The van der Waals surface area contributed by atoms with E-state index < -0.39 is 0 Å². The Kier molecular flexibility index (Phi) is 6.09. The van der Waals surface area contributed by atoms with Gasteiger partial charge in [-0.25, -0.2) is 4.98 Å². The molecule has 0 bridgehead atoms. The van der Waals surface area contributed by atoms with E-state index in [4.69, 9.17) is 9.72 Å². The molecule has 1 aromatic heterocycles. The lowest BCUT2D eigenvalue weighted by atomic mass is 10.1. The number of rotatable bonds is 7. The Morgan fingerprint density at radius 3 is 2.50 bits per heavy atom. The number of carbonyl (C=O) groups is 1. The Morgan fingerprint density at radius 1 is 1.11 bits per heavy atom. The average Bonchev–Trinajstić information content (AvgIpc) is 3.42. The van der Waals surface area contributed by atoms with Crippen LogP contribution < -0.4 is 5.32 Å². The molecule has 0 aliphatic carbocycles. The molecule has 1 fully saturated rings. The van der Waals surface area contributed by atoms with Crippen LogP contribution in [0.5, 0.6) is 0 Å². The number of benzene rings is 2. The van der Waals surface area contributed by atoms with Gasteiger partial charge in [-0.2, -0.15) is 0 Å². The number of hydrogen-bond donors (Lipinski definition) is 2. The van der Waals surface area contributed by atoms with Crippen LogP contribution in [-0.2, 0) is 9.53 Å². The number of imidazole rings is 1. The first-order valence-corrected chi connectivity index (χ1v) is 10.5. The van der Waals surface area contributed by atoms with E-state index >= 15 is 0 Å². The molecule has 5 nitrogen and oxygen atoms in total. The number of nitrogens with one attached hydrogen (secondary N) is 2. The van der Waals surface area contributed by atoms with Gasteiger partial charge in [-0.05, 0) is 12.8 Å². The molecule has 2 heterocycles. The summed E-state index contributed by atoms with van der Waals surface area (Å²) >= 11 is 1.42. The van der Waals surface area contributed by atoms with Crippen molar-refractivity contribution >= 4 is 17.7 Å². The number of aromatic nitrogens is 2. The van der Waals surface area contributed by atoms with Crippen molar-refractivity contribution in [2.45, 2.75) is 24.1 Å². The van der Waals surface area contributed by atoms with Crippen molar-refractivity contribution in [2.24, 2.45) is 0 Å². The van der Waals surface area contributed by atoms with E-state index in [0.717, 1.165) is 47.1 Å². The second kappa shape index (κ2) is 9.08. The summed E-state index contributed by atoms with van der Waals surface area (Å²) in [5, 5.41) is 3.69. The minimum atomic E-state index is -0.000535. The molecule has 1 amide bonds. The monoisotopic (exact) mass is 393 g/mol. The molecule has 144 valence electrons. The summed E-state index contributed by atoms with van der Waals surface area (Å²) in [6.45, 7) is 1.38. The summed E-state index contributed by atoms with van der Waals surface area (Å²) in [6.07, 6.45) is 2.26. The molecule has 0 unspecified atom stereocenters. The van der Waals surface area contributed by atoms with Crippen molar-refractivity contribution < 1.29 is 9.53 Å². The van der Waals surface area contributed by atoms with Crippen LogP contribution in [0.15, 0.2) is 65.8 Å². The van der Waals surface area contributed by atoms with Gasteiger partial charge in [-0.15, -0.1) is 0 Å². The van der Waals surface area contributed by atoms with Crippen LogP contribution in [-0.4, -0.2) is 40.9 Å². The third-order valence-electron chi connectivity index (χ3n) is 4.68. The lowest BCUT2D eigenvalue weighted by Crippen LogP contribution is -2.32. The van der Waals surface area contributed by atoms with Gasteiger partial charge < -0.3 is 15.0 Å². The largest absolute Gasteiger partial charge is 0.376 e. The molecule has 2 N–H and O–H groups in total. The van der Waals surface area contributed by atoms with Crippen molar-refractivity contribution in [1.82, 2.24) is 15.3 Å². The predicted molar refractivity (Wildman–Crippen MR) is 112 cm³/mol. The van der Waals surface area contributed by atoms with Crippen LogP contribution in [0.3, 0.4) is 0 Å². The summed E-state index contributed by atoms with van der Waals surface area (Å²) in [4.78, 5) is 20.3. The highest BCUT2D eigenvalue weighted by atomic mass is 32.2. The highest BCUT2D eigenvalue weighted by molar-refractivity contribution is 7.99. The Labute approximate surface area is 168 Å². The van der Waals surface area contributed by atoms with E-state index in [0.29, 0.717) is 12.3 Å². The summed E-state index contributed by atoms with van der Waals surface area (Å²) in [5.41, 5.74) is 3.99. The first-order valence-electron chi connectivity index (χ1n) is 9.51. The lowest BCUT2D eigenvalue weighted by Gasteiger charge is -2.10. The maximum atomic E-state index is 12.2. The molecule has 3 aromatic rings. The van der Waals surface area contributed by atoms with Crippen LogP contribution in [0.2, 0.25) is 0 Å². The molecule has 0 saturated carbocycles. The van der Waals surface area contributed by atoms with Crippen LogP contribution in [0.1, 0.15) is 12.8 Å². The van der Waals surface area contributed by atoms with E-state index in [2.05, 4.69) is 22.4 Å². The van der Waals surface area contributed by atoms with Gasteiger partial charge in [0.25, 0.3) is 0 Å². The van der Waals surface area contributed by atoms with Crippen LogP contribution in [0.4, 0.5) is 0 Å². The van der Waals surface area contributed by atoms with Gasteiger partial charge in [0.1, 0.15) is 0 Å². The second-order valence-electron chi connectivity index (χ2n) is 6.73. The first kappa shape index (κ1) is 18.8. The van der Waals surface area contributed by atoms with Crippen LogP contribution >= 0.6 is 11.8 Å². The number of ether oxygens (including phenoxy) is 1. The van der Waals surface area contributed by atoms with Gasteiger partial charge in [0.05, 0.1) is 23.2 Å². The molecule has 0 radical (unpaired) electrons. The summed E-state index contributed by atoms with van der Waals surface area (Å²) in [6, 6.07) is 20.2. The molecule has 1 aliphatic heterocycles. The number of amides is 1. The fourth-order valence-corrected chi connectivity index (χ4v) is 3.96. The number of H-pyrrole nitrogens is 1. The minimum absolute atomic E-state index is 0.000535. The zero-order chi connectivity index (χ0) is 19.2. The zero-order valence-electron chi connectivity index (χ0n) is 15.6. The number of thioether (sulfide) groups is 1. The molecular formula is C22H23N3O2S. The zero-order valence-corrected chi connectivity index (χ0v) is 16.4. The molecule has 2 aromatic carbocycles. The van der Waals surface area contributed by atoms with Gasteiger partial charge in [-0.3, -0.25) is 4.79 Å². The molecule has 1 saturated heterocycles. The molecule has 1 aliphatic rings. The van der Waals surface area contributed by atoms with Crippen molar-refractivity contribution in [3.8, 4) is 22.5 Å². The van der Waals surface area contributed by atoms with E-state index in [9.17, 15) is 4.79 Å². The van der Waals surface area contributed by atoms with Gasteiger partial charge in [0.15, 0.2) is 5.16 Å². The smallest absolute Gasteiger partial charge is 0.230 e. The molecule has 1 atom stereocenters. The van der Waals surface area contributed by atoms with Crippen LogP contribution in [0, 0.1) is 0 Å². The quantitative estimate of drug-likeness (QED) is 0.592. The van der Waals surface area contributed by atoms with Gasteiger partial charge in [-0.1, -0.05) is 72.4 Å². The fraction of sp³-hybridized carbons (Fsp3) is 0.273. The summed E-state index contributed by atoms with van der Waals surface area (Å²) in [7, 11) is 0. The van der Waals surface area contributed by atoms with E-state index in [1.165, 1.54) is 11.8 Å². The fourth-order valence-electron chi connectivity index (χ4n) is 3.26. The lowest BCUT2D eigenvalue weighted by molar-refractivity contribution is -0.119. The third kappa shape index (κ3) is 4.64. The number of carbonyl (C=O) groups excluding carboxylic acids is 1. The average molecular weight is 394 g/mol. The highest BCUT2D eigenvalue weighted by Crippen LogP contribution is 2.32. The summed E-state index contributed by atoms with van der Waals surface area (Å²) in [5.74, 6) is 0.322. The Morgan fingerprint density at radius 2 is 1.82 bits per heavy atom. The van der Waals surface area contributed by atoms with Gasteiger partial charge in [0.2, 0.25) is 5.91 Å². The van der Waals surface area contributed by atoms with Crippen molar-refractivity contribution in [1.29, 1.82) is 0 Å². The SMILES string of the molecule is O=C(CSc1nc(-c2ccccc2)c(-c2ccccc2)[nH]1)NC[C@@H]1CCCO1. The summed E-state index contributed by atoms with van der Waals surface area (Å²) < 4.78 is 5.54. The van der Waals surface area contributed by atoms with E-state index in [1.54, 1.807) is 0 Å². The van der Waals surface area contributed by atoms with E-state index in [-0.39, 0.29) is 12.0 Å². The number of hydrogen-bond acceptors (Lipinski definition) is 4. The van der Waals surface area contributed by atoms with Crippen molar-refractivity contribution in [3.63, 3.8) is 0 Å². The molecule has 6 heteroatoms. The third-order valence-corrected chi connectivity index (χ3v) is 5.56. The highest BCUT2D eigenvalue weighted by Gasteiger charge is 2.17. The second-order valence-corrected chi connectivity index (χ2v) is 7.69. The van der Waals surface area contributed by atoms with E-state index in [1.807, 2.05) is 48.5 Å². The topological polar surface area (TPSA) is 67.0 Å². The van der Waals surface area contributed by atoms with Gasteiger partial charge in [0, 0.05) is 24.3 Å². The molecule has 0 spiro atoms. The maximum Gasteiger partial charge on any atom is 0.230 e. The molecular weight excluding hydrogens is 370 g/mol. The Hall–Kier alpha value is -2.57. The normalized spacial score (nSPS) is 16.2. The number of aromatic amines is 1. The molecule has 4 rings (SSSR count). The predicted octanol–water partition coefficient (Wildman–Crippen LogP) is 4.13. The Bertz CT molecular complexity index is 849. The maximum absolute atomic E-state index is 12.2. The Balaban J connectivity index is 1.47. The standard InChI is InChI=1S/C22H23N3O2S/c26-19(23-14-18-12-7-13-27-18)15-28-22-24-20(16-8-3-1-4-9-16)21(25-22)17-10-5-2-6-11-17/h1-6,8-11,18H,7,12-15H2,(H,23,26)(H,24,25)/t18-/m0/s1. The molecule has 28 heavy (non-hydrogen) atoms. The van der Waals surface area contributed by atoms with Gasteiger partial charge >= 0.3 is 0 Å². The van der Waals surface area contributed by atoms with Crippen molar-refractivity contribution in [2.75, 3.05) is 18.9 Å². The first-order chi connectivity index (χ1) is 13.8. The minimum Gasteiger partial charge on any atom is -0.376 e. The van der Waals surface area contributed by atoms with Crippen LogP contribution in [0.25, 0.3) is 22.5 Å².